The molecule has 0 aliphatic heterocycles. The Morgan fingerprint density at radius 2 is 2.00 bits per heavy atom. The van der Waals surface area contributed by atoms with Gasteiger partial charge in [-0.05, 0) is 65.1 Å². The lowest BCUT2D eigenvalue weighted by molar-refractivity contribution is 0.182. The van der Waals surface area contributed by atoms with Gasteiger partial charge in [0, 0.05) is 12.1 Å². The van der Waals surface area contributed by atoms with Crippen LogP contribution in [-0.4, -0.2) is 37.1 Å². The largest absolute Gasteiger partial charge is 0.317 e. The van der Waals surface area contributed by atoms with E-state index in [0.29, 0.717) is 0 Å². The molecule has 3 unspecified atom stereocenters. The van der Waals surface area contributed by atoms with Crippen LogP contribution in [0.3, 0.4) is 0 Å². The highest BCUT2D eigenvalue weighted by molar-refractivity contribution is 4.83. The monoisotopic (exact) mass is 254 g/mol. The Kier molecular flexibility index (Phi) is 7.92. The third kappa shape index (κ3) is 4.89. The summed E-state index contributed by atoms with van der Waals surface area (Å²) in [4.78, 5) is 2.72. The first-order chi connectivity index (χ1) is 8.72. The second-order valence-corrected chi connectivity index (χ2v) is 6.02. The lowest BCUT2D eigenvalue weighted by Gasteiger charge is -2.30. The summed E-state index contributed by atoms with van der Waals surface area (Å²) in [5, 5.41) is 3.51. The molecule has 1 aliphatic rings. The third-order valence-electron chi connectivity index (χ3n) is 4.83. The standard InChI is InChI=1S/C16H34N2/c1-5-7-12-18(14(3)6-2)13-11-15-9-8-10-16(15)17-4/h14-17H,5-13H2,1-4H3. The van der Waals surface area contributed by atoms with Crippen LogP contribution in [0.25, 0.3) is 0 Å². The molecule has 0 radical (unpaired) electrons. The van der Waals surface area contributed by atoms with Gasteiger partial charge in [-0.25, -0.2) is 0 Å². The number of rotatable bonds is 9. The SMILES string of the molecule is CCCCN(CCC1CCCC1NC)C(C)CC. The van der Waals surface area contributed by atoms with Crippen LogP contribution in [0.1, 0.15) is 65.7 Å². The summed E-state index contributed by atoms with van der Waals surface area (Å²) in [6.07, 6.45) is 9.59. The van der Waals surface area contributed by atoms with Gasteiger partial charge in [0.05, 0.1) is 0 Å². The van der Waals surface area contributed by atoms with E-state index in [2.05, 4.69) is 38.0 Å². The summed E-state index contributed by atoms with van der Waals surface area (Å²) in [6.45, 7) is 9.60. The summed E-state index contributed by atoms with van der Waals surface area (Å²) in [5.74, 6) is 0.920. The number of hydrogen-bond donors (Lipinski definition) is 1. The lowest BCUT2D eigenvalue weighted by atomic mass is 9.99. The van der Waals surface area contributed by atoms with E-state index in [1.165, 1.54) is 58.0 Å². The van der Waals surface area contributed by atoms with Crippen LogP contribution >= 0.6 is 0 Å². The van der Waals surface area contributed by atoms with E-state index in [-0.39, 0.29) is 0 Å². The van der Waals surface area contributed by atoms with Crippen molar-refractivity contribution >= 4 is 0 Å². The smallest absolute Gasteiger partial charge is 0.00928 e. The van der Waals surface area contributed by atoms with Crippen molar-refractivity contribution in [2.24, 2.45) is 5.92 Å². The van der Waals surface area contributed by atoms with Crippen LogP contribution in [0.5, 0.6) is 0 Å². The summed E-state index contributed by atoms with van der Waals surface area (Å²) >= 11 is 0. The molecule has 2 heteroatoms. The van der Waals surface area contributed by atoms with Crippen LogP contribution in [-0.2, 0) is 0 Å². The molecule has 0 heterocycles. The molecule has 0 aromatic heterocycles. The first-order valence-corrected chi connectivity index (χ1v) is 8.14. The Morgan fingerprint density at radius 1 is 1.22 bits per heavy atom. The van der Waals surface area contributed by atoms with Crippen molar-refractivity contribution in [3.05, 3.63) is 0 Å². The van der Waals surface area contributed by atoms with Crippen LogP contribution in [0.2, 0.25) is 0 Å². The second kappa shape index (κ2) is 8.92. The quantitative estimate of drug-likeness (QED) is 0.675. The zero-order valence-corrected chi connectivity index (χ0v) is 13.0. The molecule has 1 N–H and O–H groups in total. The van der Waals surface area contributed by atoms with Gasteiger partial charge in [0.15, 0.2) is 0 Å². The van der Waals surface area contributed by atoms with Crippen LogP contribution in [0.4, 0.5) is 0 Å². The van der Waals surface area contributed by atoms with Crippen LogP contribution < -0.4 is 5.32 Å². The fourth-order valence-corrected chi connectivity index (χ4v) is 3.27. The Balaban J connectivity index is 2.35. The Bertz CT molecular complexity index is 205. The van der Waals surface area contributed by atoms with Crippen molar-refractivity contribution in [2.75, 3.05) is 20.1 Å². The normalized spacial score (nSPS) is 25.8. The summed E-state index contributed by atoms with van der Waals surface area (Å²) in [5.41, 5.74) is 0. The molecule has 0 saturated heterocycles. The molecular formula is C16H34N2. The molecule has 0 aromatic carbocycles. The van der Waals surface area contributed by atoms with Crippen molar-refractivity contribution in [2.45, 2.75) is 77.8 Å². The summed E-state index contributed by atoms with van der Waals surface area (Å²) in [6, 6.07) is 1.54. The molecule has 3 atom stereocenters. The van der Waals surface area contributed by atoms with Crippen molar-refractivity contribution in [1.29, 1.82) is 0 Å². The highest BCUT2D eigenvalue weighted by Crippen LogP contribution is 2.28. The Labute approximate surface area is 115 Å². The topological polar surface area (TPSA) is 15.3 Å². The van der Waals surface area contributed by atoms with E-state index in [0.717, 1.165) is 18.0 Å². The predicted molar refractivity (Wildman–Crippen MR) is 81.0 cm³/mol. The molecule has 0 aromatic rings. The van der Waals surface area contributed by atoms with Gasteiger partial charge in [0.25, 0.3) is 0 Å². The molecule has 1 rings (SSSR count). The molecule has 2 nitrogen and oxygen atoms in total. The maximum atomic E-state index is 3.51. The number of unbranched alkanes of at least 4 members (excludes halogenated alkanes) is 1. The van der Waals surface area contributed by atoms with E-state index in [1.54, 1.807) is 0 Å². The Hall–Kier alpha value is -0.0800. The van der Waals surface area contributed by atoms with Gasteiger partial charge in [0.1, 0.15) is 0 Å². The van der Waals surface area contributed by atoms with E-state index in [4.69, 9.17) is 0 Å². The first kappa shape index (κ1) is 16.0. The molecule has 108 valence electrons. The van der Waals surface area contributed by atoms with Crippen molar-refractivity contribution in [1.82, 2.24) is 10.2 Å². The van der Waals surface area contributed by atoms with Gasteiger partial charge in [-0.1, -0.05) is 26.7 Å². The molecule has 1 fully saturated rings. The maximum absolute atomic E-state index is 3.51. The Morgan fingerprint density at radius 3 is 2.61 bits per heavy atom. The minimum absolute atomic E-state index is 0.756. The van der Waals surface area contributed by atoms with E-state index in [1.807, 2.05) is 0 Å². The number of nitrogens with one attached hydrogen (secondary N) is 1. The average Bonchev–Trinajstić information content (AvgIpc) is 2.85. The van der Waals surface area contributed by atoms with Crippen LogP contribution in [0, 0.1) is 5.92 Å². The van der Waals surface area contributed by atoms with E-state index >= 15 is 0 Å². The van der Waals surface area contributed by atoms with Crippen molar-refractivity contribution in [3.63, 3.8) is 0 Å². The van der Waals surface area contributed by atoms with E-state index < -0.39 is 0 Å². The highest BCUT2D eigenvalue weighted by Gasteiger charge is 2.26. The fraction of sp³-hybridized carbons (Fsp3) is 1.00. The molecule has 0 amide bonds. The minimum atomic E-state index is 0.756. The molecule has 1 aliphatic carbocycles. The summed E-state index contributed by atoms with van der Waals surface area (Å²) in [7, 11) is 2.13. The fourth-order valence-electron chi connectivity index (χ4n) is 3.27. The molecule has 0 bridgehead atoms. The minimum Gasteiger partial charge on any atom is -0.317 e. The second-order valence-electron chi connectivity index (χ2n) is 6.02. The van der Waals surface area contributed by atoms with Gasteiger partial charge in [-0.2, -0.15) is 0 Å². The van der Waals surface area contributed by atoms with Crippen molar-refractivity contribution in [3.8, 4) is 0 Å². The van der Waals surface area contributed by atoms with Gasteiger partial charge in [-0.3, -0.25) is 0 Å². The summed E-state index contributed by atoms with van der Waals surface area (Å²) < 4.78 is 0. The lowest BCUT2D eigenvalue weighted by Crippen LogP contribution is -2.37. The van der Waals surface area contributed by atoms with Gasteiger partial charge >= 0.3 is 0 Å². The van der Waals surface area contributed by atoms with Gasteiger partial charge in [0.2, 0.25) is 0 Å². The number of hydrogen-bond acceptors (Lipinski definition) is 2. The van der Waals surface area contributed by atoms with Crippen molar-refractivity contribution < 1.29 is 0 Å². The predicted octanol–water partition coefficient (Wildman–Crippen LogP) is 3.67. The molecular weight excluding hydrogens is 220 g/mol. The maximum Gasteiger partial charge on any atom is 0.00928 e. The first-order valence-electron chi connectivity index (χ1n) is 8.14. The van der Waals surface area contributed by atoms with Gasteiger partial charge < -0.3 is 10.2 Å². The molecule has 18 heavy (non-hydrogen) atoms. The zero-order valence-electron chi connectivity index (χ0n) is 13.0. The third-order valence-corrected chi connectivity index (χ3v) is 4.83. The van der Waals surface area contributed by atoms with Gasteiger partial charge in [-0.15, -0.1) is 0 Å². The average molecular weight is 254 g/mol. The number of nitrogens with zero attached hydrogens (tertiary/aromatic N) is 1. The molecule has 0 spiro atoms. The highest BCUT2D eigenvalue weighted by atomic mass is 15.1. The van der Waals surface area contributed by atoms with Crippen LogP contribution in [0.15, 0.2) is 0 Å². The van der Waals surface area contributed by atoms with E-state index in [9.17, 15) is 0 Å². The zero-order chi connectivity index (χ0) is 13.4. The molecule has 1 saturated carbocycles.